The van der Waals surface area contributed by atoms with Gasteiger partial charge in [-0.25, -0.2) is 0 Å². The first-order valence-electron chi connectivity index (χ1n) is 7.66. The molecule has 0 aromatic heterocycles. The molecule has 0 aromatic rings. The Hall–Kier alpha value is -0.960. The molecular formula is C18H30O2S. The molecular weight excluding hydrogens is 280 g/mol. The summed E-state index contributed by atoms with van der Waals surface area (Å²) in [7, 11) is 0. The molecule has 0 unspecified atom stereocenters. The predicted molar refractivity (Wildman–Crippen MR) is 94.8 cm³/mol. The smallest absolute Gasteiger partial charge is 0.306 e. The molecule has 21 heavy (non-hydrogen) atoms. The summed E-state index contributed by atoms with van der Waals surface area (Å²) in [5, 5.41) is 0. The molecule has 0 amide bonds. The van der Waals surface area contributed by atoms with Gasteiger partial charge in [0.25, 0.3) is 0 Å². The molecule has 120 valence electrons. The number of hydrogen-bond donors (Lipinski definition) is 1. The van der Waals surface area contributed by atoms with Crippen molar-refractivity contribution >= 4 is 18.6 Å². The fourth-order valence-electron chi connectivity index (χ4n) is 1.78. The van der Waals surface area contributed by atoms with Crippen LogP contribution < -0.4 is 0 Å². The monoisotopic (exact) mass is 310 g/mol. The minimum Gasteiger partial charge on any atom is -0.461 e. The Bertz CT molecular complexity index is 388. The summed E-state index contributed by atoms with van der Waals surface area (Å²) < 4.78 is 5.07. The van der Waals surface area contributed by atoms with Gasteiger partial charge in [-0.05, 0) is 59.5 Å². The van der Waals surface area contributed by atoms with Gasteiger partial charge in [0.1, 0.15) is 6.61 Å². The number of hydrogen-bond acceptors (Lipinski definition) is 3. The molecule has 0 N–H and O–H groups in total. The summed E-state index contributed by atoms with van der Waals surface area (Å²) in [5.74, 6) is 0.363. The first-order valence-corrected chi connectivity index (χ1v) is 8.30. The van der Waals surface area contributed by atoms with E-state index in [1.165, 1.54) is 16.7 Å². The number of carbonyl (C=O) groups excluding carboxylic acids is 1. The highest BCUT2D eigenvalue weighted by atomic mass is 32.1. The Kier molecular flexibility index (Phi) is 12.2. The largest absolute Gasteiger partial charge is 0.461 e. The van der Waals surface area contributed by atoms with Crippen LogP contribution in [0.5, 0.6) is 0 Å². The molecule has 2 nitrogen and oxygen atoms in total. The van der Waals surface area contributed by atoms with Gasteiger partial charge in [-0.1, -0.05) is 28.9 Å². The lowest BCUT2D eigenvalue weighted by atomic mass is 10.1. The van der Waals surface area contributed by atoms with Crippen LogP contribution in [-0.4, -0.2) is 18.3 Å². The molecule has 0 heterocycles. The van der Waals surface area contributed by atoms with Gasteiger partial charge >= 0.3 is 5.97 Å². The zero-order valence-electron chi connectivity index (χ0n) is 13.9. The van der Waals surface area contributed by atoms with E-state index in [0.29, 0.717) is 18.8 Å². The van der Waals surface area contributed by atoms with E-state index in [9.17, 15) is 4.79 Å². The number of ether oxygens (including phenoxy) is 1. The van der Waals surface area contributed by atoms with Crippen molar-refractivity contribution in [2.75, 3.05) is 12.4 Å². The lowest BCUT2D eigenvalue weighted by Gasteiger charge is -2.03. The van der Waals surface area contributed by atoms with E-state index in [4.69, 9.17) is 4.74 Å². The average molecular weight is 311 g/mol. The van der Waals surface area contributed by atoms with Crippen LogP contribution in [0.15, 0.2) is 34.9 Å². The van der Waals surface area contributed by atoms with Gasteiger partial charge in [-0.2, -0.15) is 12.6 Å². The maximum absolute atomic E-state index is 11.2. The van der Waals surface area contributed by atoms with Crippen molar-refractivity contribution < 1.29 is 9.53 Å². The molecule has 0 aromatic carbocycles. The number of allylic oxidation sites excluding steroid dienone is 5. The number of esters is 1. The van der Waals surface area contributed by atoms with Gasteiger partial charge in [0, 0.05) is 5.75 Å². The molecule has 0 saturated carbocycles. The number of carbonyl (C=O) groups is 1. The zero-order chi connectivity index (χ0) is 16.1. The Morgan fingerprint density at radius 2 is 1.48 bits per heavy atom. The minimum atomic E-state index is -0.177. The van der Waals surface area contributed by atoms with Crippen molar-refractivity contribution in [3.05, 3.63) is 34.9 Å². The highest BCUT2D eigenvalue weighted by Gasteiger charge is 1.98. The van der Waals surface area contributed by atoms with E-state index in [-0.39, 0.29) is 5.97 Å². The van der Waals surface area contributed by atoms with E-state index in [1.807, 2.05) is 6.08 Å². The van der Waals surface area contributed by atoms with E-state index >= 15 is 0 Å². The van der Waals surface area contributed by atoms with Crippen LogP contribution in [0, 0.1) is 0 Å². The van der Waals surface area contributed by atoms with Crippen LogP contribution in [0.3, 0.4) is 0 Å². The average Bonchev–Trinajstić information content (AvgIpc) is 2.38. The molecule has 0 fully saturated rings. The van der Waals surface area contributed by atoms with E-state index < -0.39 is 0 Å². The first-order chi connectivity index (χ1) is 9.95. The van der Waals surface area contributed by atoms with Crippen LogP contribution in [0.1, 0.15) is 59.8 Å². The first kappa shape index (κ1) is 20.0. The van der Waals surface area contributed by atoms with Crippen LogP contribution in [0.25, 0.3) is 0 Å². The van der Waals surface area contributed by atoms with Crippen molar-refractivity contribution in [3.63, 3.8) is 0 Å². The number of rotatable bonds is 10. The van der Waals surface area contributed by atoms with Crippen molar-refractivity contribution in [2.45, 2.75) is 59.8 Å². The molecule has 0 saturated heterocycles. The normalized spacial score (nSPS) is 12.2. The molecule has 0 aliphatic rings. The van der Waals surface area contributed by atoms with Crippen molar-refractivity contribution in [1.29, 1.82) is 0 Å². The third-order valence-corrected chi connectivity index (χ3v) is 3.34. The SMILES string of the molecule is CC(C)=CCCC(C)=CCCC(C)=CCOC(=O)CCS. The fourth-order valence-corrected chi connectivity index (χ4v) is 1.96. The summed E-state index contributed by atoms with van der Waals surface area (Å²) in [5.41, 5.74) is 4.09. The predicted octanol–water partition coefficient (Wildman–Crippen LogP) is 5.27. The second-order valence-electron chi connectivity index (χ2n) is 5.62. The van der Waals surface area contributed by atoms with Crippen LogP contribution in [-0.2, 0) is 9.53 Å². The Morgan fingerprint density at radius 3 is 2.05 bits per heavy atom. The molecule has 0 aliphatic heterocycles. The number of thiol groups is 1. The van der Waals surface area contributed by atoms with Crippen LogP contribution >= 0.6 is 12.6 Å². The molecule has 0 atom stereocenters. The zero-order valence-corrected chi connectivity index (χ0v) is 14.8. The second-order valence-corrected chi connectivity index (χ2v) is 6.06. The summed E-state index contributed by atoms with van der Waals surface area (Å²) in [4.78, 5) is 11.2. The molecule has 3 heteroatoms. The van der Waals surface area contributed by atoms with Gasteiger partial charge < -0.3 is 4.74 Å². The van der Waals surface area contributed by atoms with Gasteiger partial charge in [0.15, 0.2) is 0 Å². The summed E-state index contributed by atoms with van der Waals surface area (Å²) in [6.07, 6.45) is 11.3. The quantitative estimate of drug-likeness (QED) is 0.338. The highest BCUT2D eigenvalue weighted by molar-refractivity contribution is 7.80. The van der Waals surface area contributed by atoms with Crippen molar-refractivity contribution in [1.82, 2.24) is 0 Å². The third-order valence-electron chi connectivity index (χ3n) is 3.11. The minimum absolute atomic E-state index is 0.177. The molecule has 0 rings (SSSR count). The Labute approximate surface area is 135 Å². The van der Waals surface area contributed by atoms with Crippen LogP contribution in [0.2, 0.25) is 0 Å². The Balaban J connectivity index is 3.88. The molecule has 0 spiro atoms. The van der Waals surface area contributed by atoms with Crippen molar-refractivity contribution in [2.24, 2.45) is 0 Å². The molecule has 0 radical (unpaired) electrons. The Morgan fingerprint density at radius 1 is 0.905 bits per heavy atom. The van der Waals surface area contributed by atoms with Gasteiger partial charge in [0.2, 0.25) is 0 Å². The van der Waals surface area contributed by atoms with E-state index in [2.05, 4.69) is 52.5 Å². The van der Waals surface area contributed by atoms with Crippen molar-refractivity contribution in [3.8, 4) is 0 Å². The molecule has 0 aliphatic carbocycles. The lowest BCUT2D eigenvalue weighted by molar-refractivity contribution is -0.141. The summed E-state index contributed by atoms with van der Waals surface area (Å²) in [6, 6.07) is 0. The standard InChI is InChI=1S/C18H30O2S/c1-15(2)7-5-8-16(3)9-6-10-17(4)11-13-20-18(19)12-14-21/h7,9,11,21H,5-6,8,10,12-14H2,1-4H3. The highest BCUT2D eigenvalue weighted by Crippen LogP contribution is 2.11. The van der Waals surface area contributed by atoms with Gasteiger partial charge in [-0.3, -0.25) is 4.79 Å². The fraction of sp³-hybridized carbons (Fsp3) is 0.611. The van der Waals surface area contributed by atoms with E-state index in [0.717, 1.165) is 25.7 Å². The third kappa shape index (κ3) is 13.8. The lowest BCUT2D eigenvalue weighted by Crippen LogP contribution is -2.04. The summed E-state index contributed by atoms with van der Waals surface area (Å²) >= 11 is 4.00. The second kappa shape index (κ2) is 12.8. The maximum Gasteiger partial charge on any atom is 0.306 e. The molecule has 0 bridgehead atoms. The van der Waals surface area contributed by atoms with Crippen LogP contribution in [0.4, 0.5) is 0 Å². The van der Waals surface area contributed by atoms with Gasteiger partial charge in [0.05, 0.1) is 6.42 Å². The summed E-state index contributed by atoms with van der Waals surface area (Å²) in [6.45, 7) is 8.92. The van der Waals surface area contributed by atoms with Gasteiger partial charge in [-0.15, -0.1) is 0 Å². The van der Waals surface area contributed by atoms with E-state index in [1.54, 1.807) is 0 Å². The topological polar surface area (TPSA) is 26.3 Å². The maximum atomic E-state index is 11.2.